The average Bonchev–Trinajstić information content (AvgIpc) is 3.11. The van der Waals surface area contributed by atoms with E-state index in [2.05, 4.69) is 9.97 Å². The molecule has 8 heteroatoms. The lowest BCUT2D eigenvalue weighted by molar-refractivity contribution is -0.141. The smallest absolute Gasteiger partial charge is 0.378 e. The number of aromatic amines is 1. The Balaban J connectivity index is 1.37. The summed E-state index contributed by atoms with van der Waals surface area (Å²) in [5.41, 5.74) is 0.953. The maximum absolute atomic E-state index is 12.8. The molecular weight excluding hydrogens is 371 g/mol. The molecule has 4 rings (SSSR count). The normalized spacial score (nSPS) is 22.0. The zero-order valence-electron chi connectivity index (χ0n) is 15.6. The maximum Gasteiger partial charge on any atom is 0.433 e. The van der Waals surface area contributed by atoms with Crippen molar-refractivity contribution in [2.45, 2.75) is 56.7 Å². The van der Waals surface area contributed by atoms with Crippen LogP contribution in [0.1, 0.15) is 55.8 Å². The highest BCUT2D eigenvalue weighted by molar-refractivity contribution is 5.77. The summed E-state index contributed by atoms with van der Waals surface area (Å²) in [5, 5.41) is 0. The summed E-state index contributed by atoms with van der Waals surface area (Å²) in [5.74, 6) is 0.331. The molecule has 0 bridgehead atoms. The van der Waals surface area contributed by atoms with E-state index in [9.17, 15) is 18.0 Å². The second kappa shape index (κ2) is 7.73. The Morgan fingerprint density at radius 2 is 2.00 bits per heavy atom. The highest BCUT2D eigenvalue weighted by Crippen LogP contribution is 2.32. The number of nitrogens with zero attached hydrogens (tertiary/aromatic N) is 2. The van der Waals surface area contributed by atoms with Crippen LogP contribution in [0.2, 0.25) is 0 Å². The van der Waals surface area contributed by atoms with Crippen LogP contribution in [0.25, 0.3) is 11.0 Å². The zero-order valence-corrected chi connectivity index (χ0v) is 15.6. The second-order valence-corrected chi connectivity index (χ2v) is 7.70. The first-order valence-corrected chi connectivity index (χ1v) is 9.86. The van der Waals surface area contributed by atoms with Crippen LogP contribution in [0.15, 0.2) is 18.2 Å². The Hall–Kier alpha value is -2.09. The fraction of sp³-hybridized carbons (Fsp3) is 0.600. The number of alkyl halides is 3. The van der Waals surface area contributed by atoms with Crippen LogP contribution in [0.5, 0.6) is 0 Å². The van der Waals surface area contributed by atoms with E-state index >= 15 is 0 Å². The van der Waals surface area contributed by atoms with Crippen molar-refractivity contribution in [3.63, 3.8) is 0 Å². The van der Waals surface area contributed by atoms with Crippen LogP contribution in [-0.4, -0.2) is 46.6 Å². The minimum Gasteiger partial charge on any atom is -0.378 e. The Morgan fingerprint density at radius 3 is 2.68 bits per heavy atom. The molecule has 0 saturated carbocycles. The summed E-state index contributed by atoms with van der Waals surface area (Å²) in [7, 11) is 0. The molecule has 5 nitrogen and oxygen atoms in total. The summed E-state index contributed by atoms with van der Waals surface area (Å²) < 4.78 is 44.2. The molecule has 2 aromatic heterocycles. The third kappa shape index (κ3) is 4.16. The molecule has 1 unspecified atom stereocenters. The Bertz CT molecular complexity index is 835. The lowest BCUT2D eigenvalue weighted by Crippen LogP contribution is -2.40. The largest absolute Gasteiger partial charge is 0.433 e. The number of aromatic nitrogens is 2. The molecule has 2 fully saturated rings. The number of hydrogen-bond acceptors (Lipinski definition) is 3. The summed E-state index contributed by atoms with van der Waals surface area (Å²) >= 11 is 0. The molecule has 0 spiro atoms. The molecule has 2 aliphatic heterocycles. The summed E-state index contributed by atoms with van der Waals surface area (Å²) in [4.78, 5) is 21.3. The number of pyridine rings is 1. The van der Waals surface area contributed by atoms with E-state index in [4.69, 9.17) is 4.74 Å². The van der Waals surface area contributed by atoms with Gasteiger partial charge in [-0.25, -0.2) is 4.98 Å². The van der Waals surface area contributed by atoms with Gasteiger partial charge in [0.1, 0.15) is 5.69 Å². The first kappa shape index (κ1) is 19.2. The number of halogens is 3. The van der Waals surface area contributed by atoms with E-state index in [1.807, 2.05) is 4.90 Å². The van der Waals surface area contributed by atoms with Gasteiger partial charge in [0.15, 0.2) is 0 Å². The van der Waals surface area contributed by atoms with Crippen LogP contribution in [0, 0.1) is 0 Å². The fourth-order valence-corrected chi connectivity index (χ4v) is 4.14. The Labute approximate surface area is 161 Å². The molecule has 0 aliphatic carbocycles. The fourth-order valence-electron chi connectivity index (χ4n) is 4.14. The molecule has 28 heavy (non-hydrogen) atoms. The van der Waals surface area contributed by atoms with Crippen molar-refractivity contribution in [1.82, 2.24) is 14.9 Å². The van der Waals surface area contributed by atoms with Crippen molar-refractivity contribution in [2.24, 2.45) is 0 Å². The number of amides is 1. The minimum absolute atomic E-state index is 0.0431. The van der Waals surface area contributed by atoms with E-state index in [1.165, 1.54) is 6.07 Å². The molecule has 1 amide bonds. The van der Waals surface area contributed by atoms with Crippen LogP contribution < -0.4 is 0 Å². The van der Waals surface area contributed by atoms with Gasteiger partial charge in [-0.05, 0) is 50.3 Å². The number of rotatable bonds is 3. The van der Waals surface area contributed by atoms with E-state index in [0.29, 0.717) is 30.5 Å². The zero-order chi connectivity index (χ0) is 19.7. The summed E-state index contributed by atoms with van der Waals surface area (Å²) in [6.45, 7) is 2.06. The van der Waals surface area contributed by atoms with Crippen LogP contribution in [0.3, 0.4) is 0 Å². The molecule has 1 N–H and O–H groups in total. The van der Waals surface area contributed by atoms with Gasteiger partial charge in [0, 0.05) is 31.3 Å². The standard InChI is InChI=1S/C20H24F3N3O2/c21-20(22,23)18-5-4-15-17(25-18)12-16(24-15)13-6-8-26(9-7-13)19(27)11-14-3-1-2-10-28-14/h4-5,12-14,24H,1-3,6-11H2. The molecule has 152 valence electrons. The summed E-state index contributed by atoms with van der Waals surface area (Å²) in [6, 6.07) is 4.14. The number of carbonyl (C=O) groups is 1. The Kier molecular flexibility index (Phi) is 5.31. The van der Waals surface area contributed by atoms with E-state index < -0.39 is 11.9 Å². The molecule has 1 atom stereocenters. The van der Waals surface area contributed by atoms with Gasteiger partial charge >= 0.3 is 6.18 Å². The highest BCUT2D eigenvalue weighted by Gasteiger charge is 2.33. The number of likely N-dealkylation sites (tertiary alicyclic amines) is 1. The van der Waals surface area contributed by atoms with Gasteiger partial charge in [-0.3, -0.25) is 4.79 Å². The highest BCUT2D eigenvalue weighted by atomic mass is 19.4. The van der Waals surface area contributed by atoms with Gasteiger partial charge in [0.2, 0.25) is 5.91 Å². The van der Waals surface area contributed by atoms with Crippen molar-refractivity contribution < 1.29 is 22.7 Å². The second-order valence-electron chi connectivity index (χ2n) is 7.70. The third-order valence-electron chi connectivity index (χ3n) is 5.75. The number of hydrogen-bond donors (Lipinski definition) is 1. The molecular formula is C20H24F3N3O2. The lowest BCUT2D eigenvalue weighted by Gasteiger charge is -2.33. The number of H-pyrrole nitrogens is 1. The van der Waals surface area contributed by atoms with Crippen molar-refractivity contribution in [1.29, 1.82) is 0 Å². The van der Waals surface area contributed by atoms with E-state index in [0.717, 1.165) is 50.5 Å². The topological polar surface area (TPSA) is 58.2 Å². The average molecular weight is 395 g/mol. The van der Waals surface area contributed by atoms with Gasteiger partial charge in [-0.15, -0.1) is 0 Å². The maximum atomic E-state index is 12.8. The minimum atomic E-state index is -4.45. The Morgan fingerprint density at radius 1 is 1.21 bits per heavy atom. The van der Waals surface area contributed by atoms with Crippen molar-refractivity contribution in [3.8, 4) is 0 Å². The van der Waals surface area contributed by atoms with Crippen molar-refractivity contribution >= 4 is 16.9 Å². The number of piperidine rings is 1. The SMILES string of the molecule is O=C(CC1CCCCO1)N1CCC(c2cc3nc(C(F)(F)F)ccc3[nH]2)CC1. The first-order valence-electron chi connectivity index (χ1n) is 9.86. The van der Waals surface area contributed by atoms with Crippen LogP contribution in [-0.2, 0) is 15.7 Å². The molecule has 0 radical (unpaired) electrons. The first-order chi connectivity index (χ1) is 13.4. The van der Waals surface area contributed by atoms with E-state index in [1.54, 1.807) is 6.07 Å². The lowest BCUT2D eigenvalue weighted by atomic mass is 9.93. The molecule has 2 saturated heterocycles. The molecule has 2 aromatic rings. The number of fused-ring (bicyclic) bond motifs is 1. The van der Waals surface area contributed by atoms with Gasteiger partial charge in [-0.1, -0.05) is 0 Å². The molecule has 0 aromatic carbocycles. The predicted molar refractivity (Wildman–Crippen MR) is 97.9 cm³/mol. The third-order valence-corrected chi connectivity index (χ3v) is 5.75. The van der Waals surface area contributed by atoms with Gasteiger partial charge < -0.3 is 14.6 Å². The van der Waals surface area contributed by atoms with Crippen molar-refractivity contribution in [3.05, 3.63) is 29.6 Å². The van der Waals surface area contributed by atoms with E-state index in [-0.39, 0.29) is 17.9 Å². The van der Waals surface area contributed by atoms with Crippen LogP contribution >= 0.6 is 0 Å². The number of nitrogens with one attached hydrogen (secondary N) is 1. The van der Waals surface area contributed by atoms with Gasteiger partial charge in [0.05, 0.1) is 23.6 Å². The molecule has 4 heterocycles. The predicted octanol–water partition coefficient (Wildman–Crippen LogP) is 4.25. The van der Waals surface area contributed by atoms with Gasteiger partial charge in [0.25, 0.3) is 0 Å². The van der Waals surface area contributed by atoms with Gasteiger partial charge in [-0.2, -0.15) is 13.2 Å². The number of carbonyl (C=O) groups excluding carboxylic acids is 1. The quantitative estimate of drug-likeness (QED) is 0.845. The van der Waals surface area contributed by atoms with Crippen molar-refractivity contribution in [2.75, 3.05) is 19.7 Å². The monoisotopic (exact) mass is 395 g/mol. The van der Waals surface area contributed by atoms with Crippen LogP contribution in [0.4, 0.5) is 13.2 Å². The summed E-state index contributed by atoms with van der Waals surface area (Å²) in [6.07, 6.45) is 0.753. The number of ether oxygens (including phenoxy) is 1. The molecule has 2 aliphatic rings.